The molecule has 1 atom stereocenters. The number of aromatic nitrogens is 2. The monoisotopic (exact) mass is 379 g/mol. The first-order chi connectivity index (χ1) is 12.7. The van der Waals surface area contributed by atoms with E-state index < -0.39 is 11.6 Å². The topological polar surface area (TPSA) is 93.9 Å². The molecule has 2 saturated heterocycles. The number of carboxylic acid groups (broad SMARTS) is 1. The van der Waals surface area contributed by atoms with Crippen molar-refractivity contribution in [3.63, 3.8) is 0 Å². The molecule has 0 spiro atoms. The fraction of sp³-hybridized carbons (Fsp3) is 0.737. The molecule has 2 fully saturated rings. The van der Waals surface area contributed by atoms with E-state index >= 15 is 0 Å². The van der Waals surface area contributed by atoms with Crippen molar-refractivity contribution < 1.29 is 24.2 Å². The SMILES string of the molecule is CC(C)(C)OC(=O)N1CCC[C@@H](n2cc(C(=O)O)c(C3CCOCC3)n2)C1. The highest BCUT2D eigenvalue weighted by Gasteiger charge is 2.31. The van der Waals surface area contributed by atoms with Gasteiger partial charge >= 0.3 is 12.1 Å². The molecular weight excluding hydrogens is 350 g/mol. The molecule has 3 heterocycles. The van der Waals surface area contributed by atoms with E-state index in [4.69, 9.17) is 9.47 Å². The van der Waals surface area contributed by atoms with Crippen LogP contribution in [-0.4, -0.2) is 63.8 Å². The van der Waals surface area contributed by atoms with Gasteiger partial charge in [-0.05, 0) is 46.5 Å². The number of ether oxygens (including phenoxy) is 2. The lowest BCUT2D eigenvalue weighted by Gasteiger charge is -2.34. The Balaban J connectivity index is 1.77. The number of likely N-dealkylation sites (tertiary alicyclic amines) is 1. The summed E-state index contributed by atoms with van der Waals surface area (Å²) in [6.45, 7) is 7.92. The molecule has 0 unspecified atom stereocenters. The van der Waals surface area contributed by atoms with Crippen LogP contribution in [0, 0.1) is 0 Å². The highest BCUT2D eigenvalue weighted by Crippen LogP contribution is 2.31. The van der Waals surface area contributed by atoms with Crippen LogP contribution in [0.4, 0.5) is 4.79 Å². The molecule has 1 N–H and O–H groups in total. The number of rotatable bonds is 3. The van der Waals surface area contributed by atoms with Gasteiger partial charge in [-0.1, -0.05) is 0 Å². The van der Waals surface area contributed by atoms with Gasteiger partial charge in [-0.15, -0.1) is 0 Å². The quantitative estimate of drug-likeness (QED) is 0.867. The Morgan fingerprint density at radius 2 is 1.96 bits per heavy atom. The third-order valence-corrected chi connectivity index (χ3v) is 5.02. The minimum absolute atomic E-state index is 0.0436. The van der Waals surface area contributed by atoms with Crippen molar-refractivity contribution in [3.05, 3.63) is 17.5 Å². The maximum absolute atomic E-state index is 12.4. The van der Waals surface area contributed by atoms with Crippen molar-refractivity contribution in [1.82, 2.24) is 14.7 Å². The van der Waals surface area contributed by atoms with Gasteiger partial charge < -0.3 is 19.5 Å². The summed E-state index contributed by atoms with van der Waals surface area (Å²) in [5.74, 6) is -0.848. The number of aromatic carboxylic acids is 1. The Morgan fingerprint density at radius 3 is 2.59 bits per heavy atom. The Hall–Kier alpha value is -2.09. The molecule has 1 aromatic rings. The normalized spacial score (nSPS) is 21.9. The number of nitrogens with zero attached hydrogens (tertiary/aromatic N) is 3. The van der Waals surface area contributed by atoms with Crippen molar-refractivity contribution in [2.45, 2.75) is 64.0 Å². The molecule has 1 aromatic heterocycles. The molecule has 0 saturated carbocycles. The van der Waals surface area contributed by atoms with Crippen molar-refractivity contribution in [1.29, 1.82) is 0 Å². The molecule has 0 aliphatic carbocycles. The third-order valence-electron chi connectivity index (χ3n) is 5.02. The molecule has 3 rings (SSSR count). The van der Waals surface area contributed by atoms with Gasteiger partial charge in [-0.25, -0.2) is 9.59 Å². The Kier molecular flexibility index (Phi) is 5.74. The fourth-order valence-electron chi connectivity index (χ4n) is 3.69. The number of piperidine rings is 1. The summed E-state index contributed by atoms with van der Waals surface area (Å²) < 4.78 is 12.6. The first-order valence-electron chi connectivity index (χ1n) is 9.62. The van der Waals surface area contributed by atoms with Gasteiger partial charge in [-0.3, -0.25) is 4.68 Å². The maximum atomic E-state index is 12.4. The minimum Gasteiger partial charge on any atom is -0.478 e. The van der Waals surface area contributed by atoms with Crippen LogP contribution < -0.4 is 0 Å². The van der Waals surface area contributed by atoms with Crippen LogP contribution in [0.3, 0.4) is 0 Å². The minimum atomic E-state index is -0.956. The van der Waals surface area contributed by atoms with E-state index in [9.17, 15) is 14.7 Å². The smallest absolute Gasteiger partial charge is 0.410 e. The summed E-state index contributed by atoms with van der Waals surface area (Å²) in [6.07, 6.45) is 4.54. The van der Waals surface area contributed by atoms with Gasteiger partial charge in [0.2, 0.25) is 0 Å². The summed E-state index contributed by atoms with van der Waals surface area (Å²) in [5.41, 5.74) is 0.360. The molecule has 0 bridgehead atoms. The molecule has 8 heteroatoms. The lowest BCUT2D eigenvalue weighted by Crippen LogP contribution is -2.43. The number of carbonyl (C=O) groups is 2. The second-order valence-corrected chi connectivity index (χ2v) is 8.32. The third kappa shape index (κ3) is 4.80. The first-order valence-corrected chi connectivity index (χ1v) is 9.62. The zero-order valence-electron chi connectivity index (χ0n) is 16.3. The van der Waals surface area contributed by atoms with Crippen LogP contribution in [0.1, 0.15) is 74.5 Å². The summed E-state index contributed by atoms with van der Waals surface area (Å²) in [5, 5.41) is 14.3. The first kappa shape index (κ1) is 19.7. The summed E-state index contributed by atoms with van der Waals surface area (Å²) >= 11 is 0. The largest absolute Gasteiger partial charge is 0.478 e. The highest BCUT2D eigenvalue weighted by molar-refractivity contribution is 5.88. The average Bonchev–Trinajstić information content (AvgIpc) is 3.07. The van der Waals surface area contributed by atoms with E-state index in [0.29, 0.717) is 32.0 Å². The van der Waals surface area contributed by atoms with Crippen molar-refractivity contribution in [3.8, 4) is 0 Å². The summed E-state index contributed by atoms with van der Waals surface area (Å²) in [6, 6.07) is -0.0436. The van der Waals surface area contributed by atoms with Gasteiger partial charge in [0.1, 0.15) is 11.2 Å². The van der Waals surface area contributed by atoms with Crippen LogP contribution in [0.2, 0.25) is 0 Å². The van der Waals surface area contributed by atoms with Gasteiger partial charge in [0.15, 0.2) is 0 Å². The number of hydrogen-bond acceptors (Lipinski definition) is 5. The summed E-state index contributed by atoms with van der Waals surface area (Å²) in [4.78, 5) is 25.8. The lowest BCUT2D eigenvalue weighted by atomic mass is 9.94. The van der Waals surface area contributed by atoms with E-state index in [-0.39, 0.29) is 23.6 Å². The van der Waals surface area contributed by atoms with E-state index in [1.54, 1.807) is 15.8 Å². The molecule has 2 aliphatic rings. The van der Waals surface area contributed by atoms with Crippen LogP contribution in [-0.2, 0) is 9.47 Å². The number of hydrogen-bond donors (Lipinski definition) is 1. The molecule has 8 nitrogen and oxygen atoms in total. The molecule has 27 heavy (non-hydrogen) atoms. The predicted molar refractivity (Wildman–Crippen MR) is 98.1 cm³/mol. The van der Waals surface area contributed by atoms with Gasteiger partial charge in [-0.2, -0.15) is 5.10 Å². The molecule has 2 aliphatic heterocycles. The lowest BCUT2D eigenvalue weighted by molar-refractivity contribution is 0.0166. The van der Waals surface area contributed by atoms with Gasteiger partial charge in [0.25, 0.3) is 0 Å². The zero-order valence-corrected chi connectivity index (χ0v) is 16.3. The predicted octanol–water partition coefficient (Wildman–Crippen LogP) is 3.05. The van der Waals surface area contributed by atoms with Crippen LogP contribution in [0.15, 0.2) is 6.20 Å². The van der Waals surface area contributed by atoms with E-state index in [0.717, 1.165) is 25.7 Å². The van der Waals surface area contributed by atoms with Crippen LogP contribution >= 0.6 is 0 Å². The molecule has 1 amide bonds. The Morgan fingerprint density at radius 1 is 1.26 bits per heavy atom. The van der Waals surface area contributed by atoms with Crippen LogP contribution in [0.25, 0.3) is 0 Å². The highest BCUT2D eigenvalue weighted by atomic mass is 16.6. The van der Waals surface area contributed by atoms with E-state index in [1.165, 1.54) is 0 Å². The van der Waals surface area contributed by atoms with Gasteiger partial charge in [0, 0.05) is 38.4 Å². The fourth-order valence-corrected chi connectivity index (χ4v) is 3.69. The average molecular weight is 379 g/mol. The Labute approximate surface area is 159 Å². The van der Waals surface area contributed by atoms with Gasteiger partial charge in [0.05, 0.1) is 11.7 Å². The summed E-state index contributed by atoms with van der Waals surface area (Å²) in [7, 11) is 0. The van der Waals surface area contributed by atoms with E-state index in [2.05, 4.69) is 5.10 Å². The number of carbonyl (C=O) groups excluding carboxylic acids is 1. The van der Waals surface area contributed by atoms with Crippen LogP contribution in [0.5, 0.6) is 0 Å². The number of amides is 1. The maximum Gasteiger partial charge on any atom is 0.410 e. The Bertz CT molecular complexity index is 688. The second-order valence-electron chi connectivity index (χ2n) is 8.32. The standard InChI is InChI=1S/C19H29N3O5/c1-19(2,3)27-18(25)21-8-4-5-14(11-21)22-12-15(17(23)24)16(20-22)13-6-9-26-10-7-13/h12-14H,4-11H2,1-3H3,(H,23,24)/t14-/m1/s1. The zero-order chi connectivity index (χ0) is 19.6. The van der Waals surface area contributed by atoms with E-state index in [1.807, 2.05) is 20.8 Å². The van der Waals surface area contributed by atoms with Crippen molar-refractivity contribution in [2.24, 2.45) is 0 Å². The van der Waals surface area contributed by atoms with Crippen molar-refractivity contribution >= 4 is 12.1 Å². The molecular formula is C19H29N3O5. The number of carboxylic acids is 1. The molecule has 150 valence electrons. The molecule has 0 aromatic carbocycles. The molecule has 0 radical (unpaired) electrons. The second kappa shape index (κ2) is 7.88. The van der Waals surface area contributed by atoms with Crippen molar-refractivity contribution in [2.75, 3.05) is 26.3 Å².